The number of nitrogens with one attached hydrogen (secondary N) is 1. The van der Waals surface area contributed by atoms with Crippen molar-refractivity contribution in [3.8, 4) is 5.75 Å². The van der Waals surface area contributed by atoms with Crippen molar-refractivity contribution in [3.05, 3.63) is 30.0 Å². The molecule has 0 saturated carbocycles. The van der Waals surface area contributed by atoms with Gasteiger partial charge in [0.05, 0.1) is 5.69 Å². The number of hydrogen-bond acceptors (Lipinski definition) is 7. The van der Waals surface area contributed by atoms with E-state index < -0.39 is 17.7 Å². The van der Waals surface area contributed by atoms with Crippen molar-refractivity contribution in [2.75, 3.05) is 23.9 Å². The van der Waals surface area contributed by atoms with E-state index in [4.69, 9.17) is 14.2 Å². The van der Waals surface area contributed by atoms with Gasteiger partial charge in [-0.15, -0.1) is 0 Å². The van der Waals surface area contributed by atoms with E-state index in [1.807, 2.05) is 0 Å². The molecule has 2 aliphatic heterocycles. The molecule has 1 fully saturated rings. The average molecular weight is 332 g/mol. The minimum absolute atomic E-state index is 0.0399. The second-order valence-electron chi connectivity index (χ2n) is 5.81. The van der Waals surface area contributed by atoms with E-state index in [-0.39, 0.29) is 18.1 Å². The summed E-state index contributed by atoms with van der Waals surface area (Å²) in [5.74, 6) is -2.41. The third kappa shape index (κ3) is 2.90. The smallest absolute Gasteiger partial charge is 0.350 e. The lowest BCUT2D eigenvalue weighted by atomic mass is 10.2. The molecule has 1 amide bonds. The summed E-state index contributed by atoms with van der Waals surface area (Å²) < 4.78 is 15.4. The Labute approximate surface area is 138 Å². The number of esters is 2. The molecule has 0 aromatic heterocycles. The first kappa shape index (κ1) is 15.9. The van der Waals surface area contributed by atoms with Crippen molar-refractivity contribution in [2.45, 2.75) is 19.6 Å². The van der Waals surface area contributed by atoms with E-state index in [9.17, 15) is 14.4 Å². The van der Waals surface area contributed by atoms with Crippen LogP contribution in [0.5, 0.6) is 5.75 Å². The highest BCUT2D eigenvalue weighted by molar-refractivity contribution is 6.15. The van der Waals surface area contributed by atoms with Gasteiger partial charge in [-0.2, -0.15) is 0 Å². The van der Waals surface area contributed by atoms with E-state index in [0.29, 0.717) is 17.1 Å². The Hall–Kier alpha value is -3.03. The van der Waals surface area contributed by atoms with Crippen molar-refractivity contribution >= 4 is 29.2 Å². The molecule has 0 aliphatic carbocycles. The number of hydrogen-bond donors (Lipinski definition) is 1. The monoisotopic (exact) mass is 332 g/mol. The molecule has 3 rings (SSSR count). The van der Waals surface area contributed by atoms with Crippen LogP contribution in [0.1, 0.15) is 13.8 Å². The normalized spacial score (nSPS) is 19.0. The van der Waals surface area contributed by atoms with Crippen LogP contribution in [0.2, 0.25) is 0 Å². The zero-order valence-corrected chi connectivity index (χ0v) is 13.4. The van der Waals surface area contributed by atoms with Gasteiger partial charge >= 0.3 is 11.9 Å². The van der Waals surface area contributed by atoms with Gasteiger partial charge in [-0.3, -0.25) is 4.79 Å². The van der Waals surface area contributed by atoms with Crippen LogP contribution in [0.15, 0.2) is 30.0 Å². The first-order valence-corrected chi connectivity index (χ1v) is 7.24. The summed E-state index contributed by atoms with van der Waals surface area (Å²) >= 11 is 0. The highest BCUT2D eigenvalue weighted by atomic mass is 16.7. The second-order valence-corrected chi connectivity index (χ2v) is 5.81. The number of cyclic esters (lactones) is 2. The minimum atomic E-state index is -1.28. The molecule has 8 heteroatoms. The van der Waals surface area contributed by atoms with Crippen LogP contribution in [-0.2, 0) is 23.9 Å². The molecule has 2 aliphatic rings. The Morgan fingerprint density at radius 3 is 2.50 bits per heavy atom. The van der Waals surface area contributed by atoms with Crippen LogP contribution in [-0.4, -0.2) is 37.3 Å². The quantitative estimate of drug-likeness (QED) is 0.493. The maximum absolute atomic E-state index is 11.9. The highest BCUT2D eigenvalue weighted by Gasteiger charge is 2.39. The summed E-state index contributed by atoms with van der Waals surface area (Å²) in [6.45, 7) is 2.92. The number of carbonyl (C=O) groups excluding carboxylic acids is 3. The van der Waals surface area contributed by atoms with Crippen LogP contribution in [0.25, 0.3) is 0 Å². The molecule has 0 radical (unpaired) electrons. The van der Waals surface area contributed by atoms with Gasteiger partial charge < -0.3 is 24.4 Å². The summed E-state index contributed by atoms with van der Waals surface area (Å²) in [5.41, 5.74) is 0.984. The van der Waals surface area contributed by atoms with Gasteiger partial charge in [-0.25, -0.2) is 9.59 Å². The van der Waals surface area contributed by atoms with E-state index in [0.717, 1.165) is 0 Å². The first-order valence-electron chi connectivity index (χ1n) is 7.24. The number of nitrogens with zero attached hydrogens (tertiary/aromatic N) is 1. The lowest BCUT2D eigenvalue weighted by Gasteiger charge is -2.29. The van der Waals surface area contributed by atoms with Crippen LogP contribution >= 0.6 is 0 Å². The molecular weight excluding hydrogens is 316 g/mol. The molecule has 8 nitrogen and oxygen atoms in total. The fourth-order valence-electron chi connectivity index (χ4n) is 2.30. The summed E-state index contributed by atoms with van der Waals surface area (Å²) in [6, 6.07) is 5.06. The predicted molar refractivity (Wildman–Crippen MR) is 83.3 cm³/mol. The molecule has 0 atom stereocenters. The molecule has 0 spiro atoms. The van der Waals surface area contributed by atoms with Crippen molar-refractivity contribution in [1.82, 2.24) is 0 Å². The van der Waals surface area contributed by atoms with Gasteiger partial charge in [0.1, 0.15) is 5.75 Å². The fourth-order valence-corrected chi connectivity index (χ4v) is 2.30. The maximum Gasteiger partial charge on any atom is 0.350 e. The number of carbonyl (C=O) groups is 3. The number of anilines is 2. The molecular formula is C16H16N2O6. The molecule has 2 heterocycles. The van der Waals surface area contributed by atoms with Gasteiger partial charge in [-0.05, 0) is 12.1 Å². The number of amides is 1. The summed E-state index contributed by atoms with van der Waals surface area (Å²) in [7, 11) is 1.66. The zero-order chi connectivity index (χ0) is 17.5. The predicted octanol–water partition coefficient (Wildman–Crippen LogP) is 1.17. The Bertz CT molecular complexity index is 746. The van der Waals surface area contributed by atoms with Crippen molar-refractivity contribution in [1.29, 1.82) is 0 Å². The highest BCUT2D eigenvalue weighted by Crippen LogP contribution is 2.33. The standard InChI is InChI=1S/C16H16N2O6/c1-16(2)23-14(20)10(15(21)24-16)7-17-9-4-5-11-12(6-9)22-8-13(19)18(11)3/h4-7,17H,8H2,1-3H3. The Morgan fingerprint density at radius 1 is 1.17 bits per heavy atom. The minimum Gasteiger partial charge on any atom is -0.481 e. The lowest BCUT2D eigenvalue weighted by molar-refractivity contribution is -0.222. The number of ether oxygens (including phenoxy) is 3. The molecule has 1 aromatic carbocycles. The molecule has 1 aromatic rings. The van der Waals surface area contributed by atoms with E-state index >= 15 is 0 Å². The Balaban J connectivity index is 1.79. The molecule has 0 unspecified atom stereocenters. The van der Waals surface area contributed by atoms with Gasteiger partial charge in [0, 0.05) is 38.8 Å². The lowest BCUT2D eigenvalue weighted by Crippen LogP contribution is -2.42. The zero-order valence-electron chi connectivity index (χ0n) is 13.4. The molecule has 0 bridgehead atoms. The van der Waals surface area contributed by atoms with Gasteiger partial charge in [0.2, 0.25) is 0 Å². The fraction of sp³-hybridized carbons (Fsp3) is 0.312. The van der Waals surface area contributed by atoms with E-state index in [1.165, 1.54) is 24.9 Å². The Morgan fingerprint density at radius 2 is 1.83 bits per heavy atom. The number of fused-ring (bicyclic) bond motifs is 1. The van der Waals surface area contributed by atoms with Crippen molar-refractivity contribution in [2.24, 2.45) is 0 Å². The summed E-state index contributed by atoms with van der Waals surface area (Å²) in [5, 5.41) is 2.83. The van der Waals surface area contributed by atoms with E-state index in [1.54, 1.807) is 25.2 Å². The van der Waals surface area contributed by atoms with Crippen molar-refractivity contribution < 1.29 is 28.6 Å². The molecule has 1 saturated heterocycles. The topological polar surface area (TPSA) is 94.2 Å². The largest absolute Gasteiger partial charge is 0.481 e. The SMILES string of the molecule is CN1C(=O)COc2cc(NC=C3C(=O)OC(C)(C)OC3=O)ccc21. The maximum atomic E-state index is 11.9. The van der Waals surface area contributed by atoms with Crippen LogP contribution < -0.4 is 15.0 Å². The second kappa shape index (κ2) is 5.55. The molecule has 126 valence electrons. The molecule has 24 heavy (non-hydrogen) atoms. The summed E-state index contributed by atoms with van der Waals surface area (Å²) in [4.78, 5) is 36.8. The first-order chi connectivity index (χ1) is 11.3. The molecule has 1 N–H and O–H groups in total. The Kier molecular flexibility index (Phi) is 3.67. The van der Waals surface area contributed by atoms with Gasteiger partial charge in [0.15, 0.2) is 12.2 Å². The van der Waals surface area contributed by atoms with Crippen molar-refractivity contribution in [3.63, 3.8) is 0 Å². The number of likely N-dealkylation sites (N-methyl/N-ethyl adjacent to an activating group) is 1. The van der Waals surface area contributed by atoms with E-state index in [2.05, 4.69) is 5.32 Å². The van der Waals surface area contributed by atoms with Gasteiger partial charge in [-0.1, -0.05) is 0 Å². The third-order valence-corrected chi connectivity index (χ3v) is 3.55. The third-order valence-electron chi connectivity index (χ3n) is 3.55. The number of benzene rings is 1. The number of rotatable bonds is 2. The van der Waals surface area contributed by atoms with Crippen LogP contribution in [0.3, 0.4) is 0 Å². The van der Waals surface area contributed by atoms with Gasteiger partial charge in [0.25, 0.3) is 11.7 Å². The van der Waals surface area contributed by atoms with Crippen LogP contribution in [0, 0.1) is 0 Å². The average Bonchev–Trinajstić information content (AvgIpc) is 2.49. The van der Waals surface area contributed by atoms with Crippen LogP contribution in [0.4, 0.5) is 11.4 Å². The summed E-state index contributed by atoms with van der Waals surface area (Å²) in [6.07, 6.45) is 1.22.